The Morgan fingerprint density at radius 2 is 1.95 bits per heavy atom. The second-order valence-corrected chi connectivity index (χ2v) is 4.64. The zero-order valence-electron chi connectivity index (χ0n) is 10.8. The van der Waals surface area contributed by atoms with Crippen LogP contribution in [0.15, 0.2) is 41.1 Å². The molecule has 0 spiro atoms. The van der Waals surface area contributed by atoms with Gasteiger partial charge in [0.05, 0.1) is 19.9 Å². The van der Waals surface area contributed by atoms with Gasteiger partial charge in [-0.3, -0.25) is 0 Å². The van der Waals surface area contributed by atoms with Crippen LogP contribution in [0, 0.1) is 0 Å². The lowest BCUT2D eigenvalue weighted by Crippen LogP contribution is -2.01. The average Bonchev–Trinajstić information content (AvgIpc) is 2.46. The Kier molecular flexibility index (Phi) is 4.63. The van der Waals surface area contributed by atoms with Gasteiger partial charge in [-0.2, -0.15) is 0 Å². The summed E-state index contributed by atoms with van der Waals surface area (Å²) in [6.45, 7) is 0.685. The normalized spacial score (nSPS) is 10.1. The molecule has 2 aromatic rings. The van der Waals surface area contributed by atoms with E-state index in [1.54, 1.807) is 20.4 Å². The van der Waals surface area contributed by atoms with Gasteiger partial charge < -0.3 is 14.8 Å². The van der Waals surface area contributed by atoms with Crippen molar-refractivity contribution in [3.63, 3.8) is 0 Å². The van der Waals surface area contributed by atoms with Gasteiger partial charge in [0.2, 0.25) is 0 Å². The minimum absolute atomic E-state index is 0.685. The van der Waals surface area contributed by atoms with Crippen LogP contribution in [-0.2, 0) is 6.54 Å². The molecule has 0 amide bonds. The molecule has 5 heteroatoms. The van der Waals surface area contributed by atoms with E-state index in [1.165, 1.54) is 0 Å². The van der Waals surface area contributed by atoms with Crippen LogP contribution in [0.2, 0.25) is 0 Å². The minimum Gasteiger partial charge on any atom is -0.493 e. The summed E-state index contributed by atoms with van der Waals surface area (Å²) in [4.78, 5) is 4.16. The molecule has 1 aromatic heterocycles. The van der Waals surface area contributed by atoms with Crippen LogP contribution >= 0.6 is 15.9 Å². The molecular formula is C14H15BrN2O2. The Bertz CT molecular complexity index is 561. The van der Waals surface area contributed by atoms with Crippen molar-refractivity contribution in [3.05, 3.63) is 46.7 Å². The van der Waals surface area contributed by atoms with Crippen LogP contribution in [0.3, 0.4) is 0 Å². The number of hydrogen-bond donors (Lipinski definition) is 1. The second-order valence-electron chi connectivity index (χ2n) is 3.88. The number of pyridine rings is 1. The lowest BCUT2D eigenvalue weighted by Gasteiger charge is -2.11. The molecule has 1 aromatic carbocycles. The summed E-state index contributed by atoms with van der Waals surface area (Å²) in [6, 6.07) is 9.71. The van der Waals surface area contributed by atoms with E-state index in [0.717, 1.165) is 27.4 Å². The minimum atomic E-state index is 0.685. The van der Waals surface area contributed by atoms with Gasteiger partial charge in [0, 0.05) is 12.7 Å². The zero-order valence-corrected chi connectivity index (χ0v) is 12.4. The van der Waals surface area contributed by atoms with Gasteiger partial charge >= 0.3 is 0 Å². The van der Waals surface area contributed by atoms with Gasteiger partial charge in [-0.05, 0) is 45.8 Å². The lowest BCUT2D eigenvalue weighted by atomic mass is 10.2. The van der Waals surface area contributed by atoms with Gasteiger partial charge in [0.15, 0.2) is 11.5 Å². The molecule has 0 fully saturated rings. The number of halogens is 1. The second kappa shape index (κ2) is 6.43. The average molecular weight is 323 g/mol. The monoisotopic (exact) mass is 322 g/mol. The number of aromatic nitrogens is 1. The summed E-state index contributed by atoms with van der Waals surface area (Å²) >= 11 is 3.40. The Balaban J connectivity index is 2.10. The van der Waals surface area contributed by atoms with Crippen molar-refractivity contribution < 1.29 is 9.47 Å². The lowest BCUT2D eigenvalue weighted by molar-refractivity contribution is 0.354. The van der Waals surface area contributed by atoms with Gasteiger partial charge in [0.1, 0.15) is 4.60 Å². The van der Waals surface area contributed by atoms with Crippen molar-refractivity contribution >= 4 is 21.6 Å². The third-order valence-electron chi connectivity index (χ3n) is 2.69. The summed E-state index contributed by atoms with van der Waals surface area (Å²) in [5.74, 6) is 1.46. The van der Waals surface area contributed by atoms with Crippen molar-refractivity contribution in [3.8, 4) is 11.5 Å². The number of nitrogens with one attached hydrogen (secondary N) is 1. The number of hydrogen-bond acceptors (Lipinski definition) is 4. The van der Waals surface area contributed by atoms with Crippen LogP contribution in [0.4, 0.5) is 5.69 Å². The molecule has 0 aliphatic heterocycles. The van der Waals surface area contributed by atoms with Crippen molar-refractivity contribution in [1.29, 1.82) is 0 Å². The molecule has 0 saturated heterocycles. The summed E-state index contributed by atoms with van der Waals surface area (Å²) in [6.07, 6.45) is 1.74. The molecule has 0 bridgehead atoms. The molecule has 0 atom stereocenters. The van der Waals surface area contributed by atoms with Gasteiger partial charge in [-0.15, -0.1) is 0 Å². The standard InChI is InChI=1S/C14H15BrN2O2/c1-18-12-6-5-10(8-13(12)19-2)9-17-11-4-3-7-16-14(11)15/h3-8,17H,9H2,1-2H3. The SMILES string of the molecule is COc1ccc(CNc2cccnc2Br)cc1OC. The molecule has 1 heterocycles. The molecule has 19 heavy (non-hydrogen) atoms. The van der Waals surface area contributed by atoms with E-state index >= 15 is 0 Å². The van der Waals surface area contributed by atoms with Crippen molar-refractivity contribution in [1.82, 2.24) is 4.98 Å². The fraction of sp³-hybridized carbons (Fsp3) is 0.214. The van der Waals surface area contributed by atoms with Crippen LogP contribution in [-0.4, -0.2) is 19.2 Å². The molecule has 1 N–H and O–H groups in total. The molecule has 0 aliphatic rings. The summed E-state index contributed by atoms with van der Waals surface area (Å²) in [5, 5.41) is 3.31. The first-order valence-corrected chi connectivity index (χ1v) is 6.59. The first kappa shape index (κ1) is 13.7. The quantitative estimate of drug-likeness (QED) is 0.856. The van der Waals surface area contributed by atoms with E-state index in [0.29, 0.717) is 6.54 Å². The summed E-state index contributed by atoms with van der Waals surface area (Å²) < 4.78 is 11.3. The Labute approximate surface area is 120 Å². The molecule has 0 unspecified atom stereocenters. The molecule has 0 saturated carbocycles. The first-order valence-electron chi connectivity index (χ1n) is 5.80. The van der Waals surface area contributed by atoms with Crippen molar-refractivity contribution in [2.24, 2.45) is 0 Å². The van der Waals surface area contributed by atoms with E-state index in [9.17, 15) is 0 Å². The Morgan fingerprint density at radius 1 is 1.16 bits per heavy atom. The molecular weight excluding hydrogens is 308 g/mol. The molecule has 100 valence electrons. The van der Waals surface area contributed by atoms with E-state index in [4.69, 9.17) is 9.47 Å². The van der Waals surface area contributed by atoms with Crippen LogP contribution < -0.4 is 14.8 Å². The summed E-state index contributed by atoms with van der Waals surface area (Å²) in [5.41, 5.74) is 2.06. The predicted molar refractivity (Wildman–Crippen MR) is 78.8 cm³/mol. The van der Waals surface area contributed by atoms with E-state index < -0.39 is 0 Å². The highest BCUT2D eigenvalue weighted by Crippen LogP contribution is 2.28. The number of methoxy groups -OCH3 is 2. The Hall–Kier alpha value is -1.75. The number of nitrogens with zero attached hydrogens (tertiary/aromatic N) is 1. The van der Waals surface area contributed by atoms with Crippen LogP contribution in [0.1, 0.15) is 5.56 Å². The third-order valence-corrected chi connectivity index (χ3v) is 3.32. The topological polar surface area (TPSA) is 43.4 Å². The van der Waals surface area contributed by atoms with Gasteiger partial charge in [-0.1, -0.05) is 6.07 Å². The van der Waals surface area contributed by atoms with Crippen LogP contribution in [0.25, 0.3) is 0 Å². The maximum absolute atomic E-state index is 5.28. The fourth-order valence-corrected chi connectivity index (χ4v) is 2.10. The fourth-order valence-electron chi connectivity index (χ4n) is 1.71. The Morgan fingerprint density at radius 3 is 2.63 bits per heavy atom. The highest BCUT2D eigenvalue weighted by Gasteiger charge is 2.05. The largest absolute Gasteiger partial charge is 0.493 e. The van der Waals surface area contributed by atoms with Crippen LogP contribution in [0.5, 0.6) is 11.5 Å². The molecule has 2 rings (SSSR count). The van der Waals surface area contributed by atoms with E-state index in [2.05, 4.69) is 26.2 Å². The van der Waals surface area contributed by atoms with Gasteiger partial charge in [0.25, 0.3) is 0 Å². The first-order chi connectivity index (χ1) is 9.24. The van der Waals surface area contributed by atoms with Gasteiger partial charge in [-0.25, -0.2) is 4.98 Å². The van der Waals surface area contributed by atoms with Crippen molar-refractivity contribution in [2.75, 3.05) is 19.5 Å². The number of anilines is 1. The number of benzene rings is 1. The molecule has 0 radical (unpaired) electrons. The highest BCUT2D eigenvalue weighted by molar-refractivity contribution is 9.10. The highest BCUT2D eigenvalue weighted by atomic mass is 79.9. The summed E-state index contributed by atoms with van der Waals surface area (Å²) in [7, 11) is 3.26. The maximum Gasteiger partial charge on any atom is 0.161 e. The number of rotatable bonds is 5. The zero-order chi connectivity index (χ0) is 13.7. The van der Waals surface area contributed by atoms with E-state index in [-0.39, 0.29) is 0 Å². The molecule has 4 nitrogen and oxygen atoms in total. The molecule has 0 aliphatic carbocycles. The van der Waals surface area contributed by atoms with E-state index in [1.807, 2.05) is 30.3 Å². The van der Waals surface area contributed by atoms with Crippen molar-refractivity contribution in [2.45, 2.75) is 6.54 Å². The smallest absolute Gasteiger partial charge is 0.161 e. The predicted octanol–water partition coefficient (Wildman–Crippen LogP) is 3.47. The number of ether oxygens (including phenoxy) is 2. The third kappa shape index (κ3) is 3.38. The maximum atomic E-state index is 5.28.